The van der Waals surface area contributed by atoms with E-state index in [1.54, 1.807) is 17.2 Å². The van der Waals surface area contributed by atoms with Crippen LogP contribution in [0.1, 0.15) is 9.67 Å². The van der Waals surface area contributed by atoms with Crippen LogP contribution in [0.15, 0.2) is 30.0 Å². The van der Waals surface area contributed by atoms with Gasteiger partial charge in [0.1, 0.15) is 12.1 Å². The number of aryl methyl sites for hydroxylation is 1. The van der Waals surface area contributed by atoms with E-state index >= 15 is 0 Å². The summed E-state index contributed by atoms with van der Waals surface area (Å²) in [6.45, 7) is 2.92. The number of fused-ring (bicyclic) bond motifs is 1. The minimum Gasteiger partial charge on any atom is -0.352 e. The number of carbonyl (C=O) groups excluding carboxylic acids is 1. The van der Waals surface area contributed by atoms with Crippen molar-refractivity contribution in [1.29, 1.82) is 0 Å². The second-order valence-corrected chi connectivity index (χ2v) is 6.41. The molecule has 8 heteroatoms. The predicted molar refractivity (Wildman–Crippen MR) is 88.7 cm³/mol. The van der Waals surface area contributed by atoms with Gasteiger partial charge in [0.15, 0.2) is 5.65 Å². The molecule has 0 unspecified atom stereocenters. The van der Waals surface area contributed by atoms with E-state index in [0.717, 1.165) is 34.8 Å². The normalized spacial score (nSPS) is 15.3. The van der Waals surface area contributed by atoms with E-state index in [0.29, 0.717) is 13.1 Å². The highest BCUT2D eigenvalue weighted by Crippen LogP contribution is 2.23. The standard InChI is InChI=1S/C15H16N6OS/c1-19-13-11(9-18-19)14(17-10-16-13)20-4-6-21(7-5-20)15(22)12-3-2-8-23-12/h2-3,8-10H,4-7H2,1H3. The molecule has 1 amide bonds. The van der Waals surface area contributed by atoms with Gasteiger partial charge in [-0.25, -0.2) is 9.97 Å². The Morgan fingerprint density at radius 3 is 2.78 bits per heavy atom. The first-order valence-corrected chi connectivity index (χ1v) is 8.32. The van der Waals surface area contributed by atoms with E-state index in [2.05, 4.69) is 20.0 Å². The molecule has 0 radical (unpaired) electrons. The zero-order chi connectivity index (χ0) is 15.8. The van der Waals surface area contributed by atoms with E-state index < -0.39 is 0 Å². The van der Waals surface area contributed by atoms with Crippen LogP contribution in [0, 0.1) is 0 Å². The number of nitrogens with zero attached hydrogens (tertiary/aromatic N) is 6. The Bertz CT molecular complexity index is 835. The summed E-state index contributed by atoms with van der Waals surface area (Å²) in [5.74, 6) is 1.01. The van der Waals surface area contributed by atoms with Gasteiger partial charge in [0.05, 0.1) is 16.5 Å². The molecule has 0 saturated carbocycles. The number of hydrogen-bond acceptors (Lipinski definition) is 6. The summed E-state index contributed by atoms with van der Waals surface area (Å²) in [5.41, 5.74) is 0.826. The SMILES string of the molecule is Cn1ncc2c(N3CCN(C(=O)c4cccs4)CC3)ncnc21. The summed E-state index contributed by atoms with van der Waals surface area (Å²) < 4.78 is 1.75. The summed E-state index contributed by atoms with van der Waals surface area (Å²) in [5, 5.41) is 7.14. The Hall–Kier alpha value is -2.48. The average molecular weight is 328 g/mol. The molecule has 1 aliphatic rings. The number of piperazine rings is 1. The largest absolute Gasteiger partial charge is 0.352 e. The maximum absolute atomic E-state index is 12.4. The van der Waals surface area contributed by atoms with Crippen molar-refractivity contribution < 1.29 is 4.79 Å². The van der Waals surface area contributed by atoms with Crippen LogP contribution < -0.4 is 4.90 Å². The fraction of sp³-hybridized carbons (Fsp3) is 0.333. The van der Waals surface area contributed by atoms with Crippen LogP contribution in [0.5, 0.6) is 0 Å². The van der Waals surface area contributed by atoms with E-state index in [4.69, 9.17) is 0 Å². The molecule has 0 bridgehead atoms. The molecule has 1 aliphatic heterocycles. The van der Waals surface area contributed by atoms with Crippen LogP contribution in [0.2, 0.25) is 0 Å². The van der Waals surface area contributed by atoms with E-state index in [1.165, 1.54) is 11.3 Å². The average Bonchev–Trinajstić information content (AvgIpc) is 3.25. The number of rotatable bonds is 2. The molecule has 0 aromatic carbocycles. The third-order valence-corrected chi connectivity index (χ3v) is 4.96. The Kier molecular flexibility index (Phi) is 3.45. The van der Waals surface area contributed by atoms with Crippen LogP contribution in [-0.2, 0) is 7.05 Å². The Morgan fingerprint density at radius 2 is 2.04 bits per heavy atom. The molecule has 0 N–H and O–H groups in total. The summed E-state index contributed by atoms with van der Waals surface area (Å²) in [7, 11) is 1.87. The molecule has 3 aromatic rings. The van der Waals surface area contributed by atoms with Crippen molar-refractivity contribution in [1.82, 2.24) is 24.6 Å². The van der Waals surface area contributed by atoms with Gasteiger partial charge in [0.25, 0.3) is 5.91 Å². The molecule has 0 spiro atoms. The van der Waals surface area contributed by atoms with Gasteiger partial charge >= 0.3 is 0 Å². The van der Waals surface area contributed by atoms with Gasteiger partial charge < -0.3 is 9.80 Å². The van der Waals surface area contributed by atoms with E-state index in [-0.39, 0.29) is 5.91 Å². The summed E-state index contributed by atoms with van der Waals surface area (Å²) >= 11 is 1.49. The van der Waals surface area contributed by atoms with E-state index in [1.807, 2.05) is 29.5 Å². The van der Waals surface area contributed by atoms with Crippen molar-refractivity contribution in [2.24, 2.45) is 7.05 Å². The summed E-state index contributed by atoms with van der Waals surface area (Å²) in [6, 6.07) is 3.79. The first-order chi connectivity index (χ1) is 11.2. The van der Waals surface area contributed by atoms with Gasteiger partial charge in [-0.3, -0.25) is 9.48 Å². The van der Waals surface area contributed by atoms with Crippen LogP contribution in [0.3, 0.4) is 0 Å². The maximum Gasteiger partial charge on any atom is 0.264 e. The maximum atomic E-state index is 12.4. The number of thiophene rings is 1. The molecule has 1 fully saturated rings. The molecule has 1 saturated heterocycles. The third-order valence-electron chi connectivity index (χ3n) is 4.11. The molecule has 0 aliphatic carbocycles. The first-order valence-electron chi connectivity index (χ1n) is 7.44. The van der Waals surface area contributed by atoms with Crippen LogP contribution in [0.4, 0.5) is 5.82 Å². The Morgan fingerprint density at radius 1 is 1.22 bits per heavy atom. The summed E-state index contributed by atoms with van der Waals surface area (Å²) in [4.78, 5) is 26.0. The van der Waals surface area contributed by atoms with Crippen molar-refractivity contribution in [2.75, 3.05) is 31.1 Å². The highest BCUT2D eigenvalue weighted by molar-refractivity contribution is 7.12. The Labute approximate surface area is 137 Å². The smallest absolute Gasteiger partial charge is 0.264 e. The molecule has 3 aromatic heterocycles. The number of aromatic nitrogens is 4. The monoisotopic (exact) mass is 328 g/mol. The molecule has 23 heavy (non-hydrogen) atoms. The van der Waals surface area contributed by atoms with Gasteiger partial charge in [-0.1, -0.05) is 6.07 Å². The van der Waals surface area contributed by atoms with Crippen molar-refractivity contribution in [3.8, 4) is 0 Å². The Balaban J connectivity index is 1.52. The van der Waals surface area contributed by atoms with Crippen LogP contribution >= 0.6 is 11.3 Å². The van der Waals surface area contributed by atoms with E-state index in [9.17, 15) is 4.79 Å². The summed E-state index contributed by atoms with van der Waals surface area (Å²) in [6.07, 6.45) is 3.37. The molecule has 118 valence electrons. The van der Waals surface area contributed by atoms with Gasteiger partial charge in [-0.15, -0.1) is 11.3 Å². The molecular weight excluding hydrogens is 312 g/mol. The van der Waals surface area contributed by atoms with Crippen molar-refractivity contribution in [3.05, 3.63) is 34.9 Å². The first kappa shape index (κ1) is 14.1. The zero-order valence-corrected chi connectivity index (χ0v) is 13.5. The molecule has 7 nitrogen and oxygen atoms in total. The van der Waals surface area contributed by atoms with Crippen molar-refractivity contribution >= 4 is 34.1 Å². The van der Waals surface area contributed by atoms with Crippen LogP contribution in [-0.4, -0.2) is 56.7 Å². The fourth-order valence-electron chi connectivity index (χ4n) is 2.88. The highest BCUT2D eigenvalue weighted by Gasteiger charge is 2.24. The molecule has 4 rings (SSSR count). The minimum absolute atomic E-state index is 0.119. The number of anilines is 1. The van der Waals surface area contributed by atoms with Gasteiger partial charge in [-0.05, 0) is 11.4 Å². The predicted octanol–water partition coefficient (Wildman–Crippen LogP) is 1.39. The van der Waals surface area contributed by atoms with Crippen molar-refractivity contribution in [3.63, 3.8) is 0 Å². The number of hydrogen-bond donors (Lipinski definition) is 0. The van der Waals surface area contributed by atoms with Gasteiger partial charge in [0.2, 0.25) is 0 Å². The van der Waals surface area contributed by atoms with Crippen LogP contribution in [0.25, 0.3) is 11.0 Å². The molecule has 0 atom stereocenters. The highest BCUT2D eigenvalue weighted by atomic mass is 32.1. The van der Waals surface area contributed by atoms with Gasteiger partial charge in [0, 0.05) is 33.2 Å². The third kappa shape index (κ3) is 2.44. The van der Waals surface area contributed by atoms with Crippen molar-refractivity contribution in [2.45, 2.75) is 0 Å². The minimum atomic E-state index is 0.119. The lowest BCUT2D eigenvalue weighted by Crippen LogP contribution is -2.49. The lowest BCUT2D eigenvalue weighted by Gasteiger charge is -2.35. The zero-order valence-electron chi connectivity index (χ0n) is 12.7. The topological polar surface area (TPSA) is 67.2 Å². The fourth-order valence-corrected chi connectivity index (χ4v) is 3.57. The lowest BCUT2D eigenvalue weighted by molar-refractivity contribution is 0.0751. The lowest BCUT2D eigenvalue weighted by atomic mass is 10.2. The number of carbonyl (C=O) groups is 1. The van der Waals surface area contributed by atoms with Gasteiger partial charge in [-0.2, -0.15) is 5.10 Å². The quantitative estimate of drug-likeness (QED) is 0.711. The molecule has 4 heterocycles. The second-order valence-electron chi connectivity index (χ2n) is 5.46. The second kappa shape index (κ2) is 5.62. The number of amides is 1. The molecular formula is C15H16N6OS.